The first kappa shape index (κ1) is 52.3. The van der Waals surface area contributed by atoms with E-state index in [1.54, 1.807) is 0 Å². The number of carbonyl (C=O) groups excluding carboxylic acids is 3. The number of esters is 3. The minimum absolute atomic E-state index is 0.122. The van der Waals surface area contributed by atoms with Gasteiger partial charge in [-0.15, -0.1) is 0 Å². The van der Waals surface area contributed by atoms with Crippen molar-refractivity contribution in [2.45, 2.75) is 187 Å². The monoisotopic (exact) mass is 777 g/mol. The van der Waals surface area contributed by atoms with Crippen LogP contribution in [-0.4, -0.2) is 37.2 Å². The van der Waals surface area contributed by atoms with Crippen LogP contribution in [0.2, 0.25) is 0 Å². The summed E-state index contributed by atoms with van der Waals surface area (Å²) in [7, 11) is 0. The Balaban J connectivity index is 4.51. The molecule has 0 amide bonds. The summed E-state index contributed by atoms with van der Waals surface area (Å²) in [6.07, 6.45) is 57.0. The van der Waals surface area contributed by atoms with E-state index in [0.717, 1.165) is 77.0 Å². The van der Waals surface area contributed by atoms with E-state index in [9.17, 15) is 14.4 Å². The van der Waals surface area contributed by atoms with E-state index in [1.807, 2.05) is 54.7 Å². The van der Waals surface area contributed by atoms with Crippen LogP contribution in [0.25, 0.3) is 0 Å². The van der Waals surface area contributed by atoms with E-state index in [-0.39, 0.29) is 31.6 Å². The molecular weight excluding hydrogens is 697 g/mol. The van der Waals surface area contributed by atoms with Crippen molar-refractivity contribution < 1.29 is 28.6 Å². The van der Waals surface area contributed by atoms with Gasteiger partial charge in [0, 0.05) is 19.3 Å². The number of ether oxygens (including phenoxy) is 3. The highest BCUT2D eigenvalue weighted by Gasteiger charge is 2.19. The number of hydrogen-bond acceptors (Lipinski definition) is 6. The van der Waals surface area contributed by atoms with Crippen LogP contribution in [0.4, 0.5) is 0 Å². The molecule has 0 bridgehead atoms. The molecule has 0 aromatic rings. The molecule has 0 saturated heterocycles. The Kier molecular flexibility index (Phi) is 41.2. The van der Waals surface area contributed by atoms with Gasteiger partial charge in [0.25, 0.3) is 0 Å². The van der Waals surface area contributed by atoms with Gasteiger partial charge < -0.3 is 14.2 Å². The quantitative estimate of drug-likeness (QED) is 0.0204. The van der Waals surface area contributed by atoms with Crippen LogP contribution in [0, 0.1) is 0 Å². The van der Waals surface area contributed by atoms with Crippen LogP contribution in [-0.2, 0) is 28.6 Å². The second-order valence-electron chi connectivity index (χ2n) is 14.3. The summed E-state index contributed by atoms with van der Waals surface area (Å²) < 4.78 is 16.6. The fourth-order valence-corrected chi connectivity index (χ4v) is 5.62. The molecule has 0 aliphatic heterocycles. The second kappa shape index (κ2) is 44.0. The topological polar surface area (TPSA) is 78.9 Å². The van der Waals surface area contributed by atoms with Crippen molar-refractivity contribution in [1.82, 2.24) is 0 Å². The first-order chi connectivity index (χ1) is 27.5. The third-order valence-corrected chi connectivity index (χ3v) is 8.93. The molecule has 0 aliphatic rings. The van der Waals surface area contributed by atoms with E-state index in [4.69, 9.17) is 14.2 Å². The van der Waals surface area contributed by atoms with Gasteiger partial charge in [0.2, 0.25) is 0 Å². The third-order valence-electron chi connectivity index (χ3n) is 8.93. The molecular formula is C50H80O6. The summed E-state index contributed by atoms with van der Waals surface area (Å²) in [5, 5.41) is 0. The highest BCUT2D eigenvalue weighted by Crippen LogP contribution is 2.12. The molecule has 316 valence electrons. The molecule has 0 N–H and O–H groups in total. The lowest BCUT2D eigenvalue weighted by Gasteiger charge is -2.18. The Bertz CT molecular complexity index is 1170. The average Bonchev–Trinajstić information content (AvgIpc) is 3.19. The van der Waals surface area contributed by atoms with Gasteiger partial charge in [0.1, 0.15) is 13.2 Å². The zero-order valence-electron chi connectivity index (χ0n) is 35.9. The summed E-state index contributed by atoms with van der Waals surface area (Å²) in [5.41, 5.74) is 0. The number of unbranched alkanes of at least 4 members (excludes halogenated alkanes) is 15. The molecule has 0 saturated carbocycles. The minimum Gasteiger partial charge on any atom is -0.462 e. The van der Waals surface area contributed by atoms with Crippen LogP contribution in [0.15, 0.2) is 97.2 Å². The lowest BCUT2D eigenvalue weighted by Crippen LogP contribution is -2.30. The van der Waals surface area contributed by atoms with Gasteiger partial charge in [-0.3, -0.25) is 14.4 Å². The minimum atomic E-state index is -0.829. The first-order valence-electron chi connectivity index (χ1n) is 22.3. The van der Waals surface area contributed by atoms with Crippen molar-refractivity contribution >= 4 is 17.9 Å². The molecule has 0 heterocycles. The smallest absolute Gasteiger partial charge is 0.306 e. The highest BCUT2D eigenvalue weighted by molar-refractivity contribution is 5.71. The Morgan fingerprint density at radius 3 is 1.38 bits per heavy atom. The van der Waals surface area contributed by atoms with E-state index in [2.05, 4.69) is 63.3 Å². The Hall–Kier alpha value is -3.67. The molecule has 0 aromatic heterocycles. The van der Waals surface area contributed by atoms with Crippen LogP contribution < -0.4 is 0 Å². The number of carbonyl (C=O) groups is 3. The largest absolute Gasteiger partial charge is 0.462 e. The van der Waals surface area contributed by atoms with Crippen molar-refractivity contribution in [3.63, 3.8) is 0 Å². The van der Waals surface area contributed by atoms with Crippen LogP contribution in [0.3, 0.4) is 0 Å². The van der Waals surface area contributed by atoms with Crippen LogP contribution >= 0.6 is 0 Å². The molecule has 0 aliphatic carbocycles. The summed E-state index contributed by atoms with van der Waals surface area (Å²) in [6.45, 7) is 6.23. The van der Waals surface area contributed by atoms with E-state index in [0.29, 0.717) is 19.3 Å². The molecule has 0 rings (SSSR count). The molecule has 6 nitrogen and oxygen atoms in total. The SMILES string of the molecule is CC\C=C/C=C\C=C/C=C\C=C/CCCC(=O)OC(COC(=O)CCCC/C=C\C/C=C\CC)COC(=O)CCCCCCC/C=C\CCCCCCCCC. The summed E-state index contributed by atoms with van der Waals surface area (Å²) >= 11 is 0. The van der Waals surface area contributed by atoms with E-state index < -0.39 is 12.1 Å². The highest BCUT2D eigenvalue weighted by atomic mass is 16.6. The molecule has 0 aromatic carbocycles. The Morgan fingerprint density at radius 1 is 0.393 bits per heavy atom. The van der Waals surface area contributed by atoms with Crippen molar-refractivity contribution in [1.29, 1.82) is 0 Å². The summed E-state index contributed by atoms with van der Waals surface area (Å²) in [4.78, 5) is 37.6. The first-order valence-corrected chi connectivity index (χ1v) is 22.3. The molecule has 0 fully saturated rings. The summed E-state index contributed by atoms with van der Waals surface area (Å²) in [5.74, 6) is -1.05. The normalized spacial score (nSPS) is 13.0. The van der Waals surface area contributed by atoms with Crippen LogP contribution in [0.1, 0.15) is 181 Å². The van der Waals surface area contributed by atoms with Crippen molar-refractivity contribution in [3.05, 3.63) is 97.2 Å². The number of allylic oxidation sites excluding steroid dienone is 16. The number of hydrogen-bond donors (Lipinski definition) is 0. The van der Waals surface area contributed by atoms with E-state index >= 15 is 0 Å². The lowest BCUT2D eigenvalue weighted by atomic mass is 10.1. The van der Waals surface area contributed by atoms with Gasteiger partial charge in [-0.25, -0.2) is 0 Å². The third kappa shape index (κ3) is 41.5. The zero-order valence-corrected chi connectivity index (χ0v) is 35.9. The van der Waals surface area contributed by atoms with Gasteiger partial charge in [-0.05, 0) is 83.5 Å². The second-order valence-corrected chi connectivity index (χ2v) is 14.3. The zero-order chi connectivity index (χ0) is 40.8. The van der Waals surface area contributed by atoms with Crippen molar-refractivity contribution in [2.24, 2.45) is 0 Å². The van der Waals surface area contributed by atoms with E-state index in [1.165, 1.54) is 57.8 Å². The van der Waals surface area contributed by atoms with Gasteiger partial charge in [0.05, 0.1) is 0 Å². The molecule has 6 heteroatoms. The molecule has 56 heavy (non-hydrogen) atoms. The number of rotatable bonds is 38. The maximum absolute atomic E-state index is 12.7. The maximum Gasteiger partial charge on any atom is 0.306 e. The molecule has 1 unspecified atom stereocenters. The van der Waals surface area contributed by atoms with Crippen LogP contribution in [0.5, 0.6) is 0 Å². The molecule has 0 spiro atoms. The summed E-state index contributed by atoms with van der Waals surface area (Å²) in [6, 6.07) is 0. The predicted molar refractivity (Wildman–Crippen MR) is 237 cm³/mol. The van der Waals surface area contributed by atoms with Crippen molar-refractivity contribution in [2.75, 3.05) is 13.2 Å². The average molecular weight is 777 g/mol. The van der Waals surface area contributed by atoms with Crippen molar-refractivity contribution in [3.8, 4) is 0 Å². The van der Waals surface area contributed by atoms with Gasteiger partial charge in [-0.1, -0.05) is 176 Å². The lowest BCUT2D eigenvalue weighted by molar-refractivity contribution is -0.167. The molecule has 1 atom stereocenters. The Morgan fingerprint density at radius 2 is 0.804 bits per heavy atom. The fraction of sp³-hybridized carbons (Fsp3) is 0.620. The maximum atomic E-state index is 12.7. The molecule has 0 radical (unpaired) electrons. The fourth-order valence-electron chi connectivity index (χ4n) is 5.62. The Labute approximate surface area is 343 Å². The van der Waals surface area contributed by atoms with Gasteiger partial charge in [0.15, 0.2) is 6.10 Å². The van der Waals surface area contributed by atoms with Gasteiger partial charge in [-0.2, -0.15) is 0 Å². The van der Waals surface area contributed by atoms with Gasteiger partial charge >= 0.3 is 17.9 Å². The standard InChI is InChI=1S/C50H80O6/c1-4-7-10-13-16-19-21-23-24-25-27-28-31-34-37-40-43-49(52)55-46-47(45-54-48(51)42-39-36-33-30-18-15-12-9-6-3)56-50(53)44-41-38-35-32-29-26-22-20-17-14-11-8-5-2/h8-9,11-12,14,17-18,20,22,24-26,29-30,32,35,47H,4-7,10,13,15-16,19,21,23,27-28,31,33-34,36-46H2,1-3H3/b11-8-,12-9-,17-14-,22-20-,25-24-,29-26-,30-18-,35-32-. The predicted octanol–water partition coefficient (Wildman–Crippen LogP) is 14.2.